The Labute approximate surface area is 127 Å². The molecule has 1 rings (SSSR count). The number of thiocarbonyl (C=S) groups is 1. The molecule has 0 aromatic heterocycles. The van der Waals surface area contributed by atoms with Crippen molar-refractivity contribution >= 4 is 23.2 Å². The van der Waals surface area contributed by atoms with E-state index in [1.165, 1.54) is 5.56 Å². The van der Waals surface area contributed by atoms with Crippen molar-refractivity contribution in [1.29, 1.82) is 0 Å². The van der Waals surface area contributed by atoms with Crippen LogP contribution in [0.1, 0.15) is 37.8 Å². The summed E-state index contributed by atoms with van der Waals surface area (Å²) in [4.78, 5) is 13.8. The number of nitrogens with one attached hydrogen (secondary N) is 1. The summed E-state index contributed by atoms with van der Waals surface area (Å²) in [6, 6.07) is 8.26. The van der Waals surface area contributed by atoms with Crippen molar-refractivity contribution in [2.24, 2.45) is 5.92 Å². The van der Waals surface area contributed by atoms with Crippen LogP contribution in [-0.2, 0) is 11.2 Å². The normalized spacial score (nSPS) is 12.1. The fourth-order valence-corrected chi connectivity index (χ4v) is 1.99. The van der Waals surface area contributed by atoms with E-state index in [-0.39, 0.29) is 11.8 Å². The summed E-state index contributed by atoms with van der Waals surface area (Å²) in [5.41, 5.74) is 2.32. The molecule has 1 aromatic carbocycles. The van der Waals surface area contributed by atoms with Crippen LogP contribution in [0.2, 0.25) is 0 Å². The fourth-order valence-electron chi connectivity index (χ4n) is 1.89. The minimum Gasteiger partial charge on any atom is -0.355 e. The van der Waals surface area contributed by atoms with Gasteiger partial charge in [0.2, 0.25) is 5.91 Å². The molecule has 0 aliphatic heterocycles. The summed E-state index contributed by atoms with van der Waals surface area (Å²) in [6.07, 6.45) is 1.06. The van der Waals surface area contributed by atoms with E-state index in [0.29, 0.717) is 11.0 Å². The smallest absolute Gasteiger partial charge is 0.233 e. The number of carbonyl (C=O) groups excluding carboxylic acids is 1. The lowest BCUT2D eigenvalue weighted by Gasteiger charge is -2.18. The van der Waals surface area contributed by atoms with Gasteiger partial charge in [-0.15, -0.1) is 0 Å². The summed E-state index contributed by atoms with van der Waals surface area (Å²) in [7, 11) is 3.63. The molecular weight excluding hydrogens is 268 g/mol. The molecule has 1 amide bonds. The molecule has 110 valence electrons. The van der Waals surface area contributed by atoms with Gasteiger partial charge in [-0.1, -0.05) is 38.1 Å². The van der Waals surface area contributed by atoms with Crippen molar-refractivity contribution in [3.8, 4) is 0 Å². The Morgan fingerprint density at radius 2 is 1.75 bits per heavy atom. The third-order valence-corrected chi connectivity index (χ3v) is 3.62. The molecule has 1 atom stereocenters. The van der Waals surface area contributed by atoms with Gasteiger partial charge < -0.3 is 10.2 Å². The summed E-state index contributed by atoms with van der Waals surface area (Å²) in [5.74, 6) is 0.361. The monoisotopic (exact) mass is 292 g/mol. The minimum absolute atomic E-state index is 0.0692. The molecule has 20 heavy (non-hydrogen) atoms. The molecule has 0 saturated heterocycles. The lowest BCUT2D eigenvalue weighted by atomic mass is 9.96. The molecular formula is C16H24N2OS. The molecule has 1 unspecified atom stereocenters. The highest BCUT2D eigenvalue weighted by Crippen LogP contribution is 2.17. The van der Waals surface area contributed by atoms with Gasteiger partial charge in [-0.25, -0.2) is 0 Å². The van der Waals surface area contributed by atoms with Crippen molar-refractivity contribution in [2.45, 2.75) is 33.1 Å². The number of rotatable bonds is 4. The minimum atomic E-state index is -0.207. The highest BCUT2D eigenvalue weighted by molar-refractivity contribution is 7.80. The maximum Gasteiger partial charge on any atom is 0.233 e. The highest BCUT2D eigenvalue weighted by atomic mass is 32.1. The van der Waals surface area contributed by atoms with Crippen LogP contribution >= 0.6 is 12.2 Å². The van der Waals surface area contributed by atoms with E-state index in [0.717, 1.165) is 12.0 Å². The average molecular weight is 292 g/mol. The molecule has 0 aliphatic carbocycles. The first-order valence-corrected chi connectivity index (χ1v) is 7.33. The van der Waals surface area contributed by atoms with Crippen LogP contribution < -0.4 is 5.32 Å². The van der Waals surface area contributed by atoms with Gasteiger partial charge in [-0.2, -0.15) is 0 Å². The van der Waals surface area contributed by atoms with Crippen LogP contribution in [0, 0.1) is 5.92 Å². The van der Waals surface area contributed by atoms with Gasteiger partial charge in [0, 0.05) is 14.1 Å². The molecule has 4 heteroatoms. The number of hydrogen-bond acceptors (Lipinski definition) is 2. The summed E-state index contributed by atoms with van der Waals surface area (Å²) in [5, 5.41) is 3.19. The molecule has 1 N–H and O–H groups in total. The zero-order valence-corrected chi connectivity index (χ0v) is 13.8. The molecule has 0 heterocycles. The second kappa shape index (κ2) is 7.39. The maximum atomic E-state index is 12.1. The molecule has 0 aliphatic rings. The Morgan fingerprint density at radius 1 is 1.20 bits per heavy atom. The van der Waals surface area contributed by atoms with Gasteiger partial charge in [0.15, 0.2) is 5.11 Å². The Morgan fingerprint density at radius 3 is 2.20 bits per heavy atom. The number of benzene rings is 1. The lowest BCUT2D eigenvalue weighted by Crippen LogP contribution is -2.40. The third kappa shape index (κ3) is 4.93. The number of carbonyl (C=O) groups is 1. The van der Waals surface area contributed by atoms with Crippen LogP contribution in [0.25, 0.3) is 0 Å². The predicted molar refractivity (Wildman–Crippen MR) is 87.8 cm³/mol. The average Bonchev–Trinajstić information content (AvgIpc) is 2.37. The van der Waals surface area contributed by atoms with Crippen molar-refractivity contribution in [1.82, 2.24) is 10.2 Å². The van der Waals surface area contributed by atoms with Crippen molar-refractivity contribution < 1.29 is 4.79 Å². The third-order valence-electron chi connectivity index (χ3n) is 3.15. The number of amides is 1. The van der Waals surface area contributed by atoms with Gasteiger partial charge in [-0.3, -0.25) is 4.79 Å². The van der Waals surface area contributed by atoms with E-state index in [4.69, 9.17) is 12.2 Å². The molecule has 0 fully saturated rings. The fraction of sp³-hybridized carbons (Fsp3) is 0.500. The molecule has 0 saturated carbocycles. The topological polar surface area (TPSA) is 32.3 Å². The first-order chi connectivity index (χ1) is 9.31. The summed E-state index contributed by atoms with van der Waals surface area (Å²) in [6.45, 7) is 6.30. The van der Waals surface area contributed by atoms with Gasteiger partial charge >= 0.3 is 0 Å². The maximum absolute atomic E-state index is 12.1. The largest absolute Gasteiger partial charge is 0.355 e. The van der Waals surface area contributed by atoms with Gasteiger partial charge in [-0.05, 0) is 42.6 Å². The first kappa shape index (κ1) is 16.6. The Balaban J connectivity index is 2.69. The van der Waals surface area contributed by atoms with Gasteiger partial charge in [0.25, 0.3) is 0 Å². The second-order valence-electron chi connectivity index (χ2n) is 5.75. The van der Waals surface area contributed by atoms with Gasteiger partial charge in [0.05, 0.1) is 5.92 Å². The number of hydrogen-bond donors (Lipinski definition) is 1. The molecule has 1 aromatic rings. The zero-order chi connectivity index (χ0) is 15.3. The molecule has 0 bridgehead atoms. The molecule has 3 nitrogen and oxygen atoms in total. The van der Waals surface area contributed by atoms with Crippen LogP contribution in [0.3, 0.4) is 0 Å². The zero-order valence-electron chi connectivity index (χ0n) is 12.9. The highest BCUT2D eigenvalue weighted by Gasteiger charge is 2.16. The van der Waals surface area contributed by atoms with Crippen LogP contribution in [0.15, 0.2) is 24.3 Å². The second-order valence-corrected chi connectivity index (χ2v) is 6.14. The van der Waals surface area contributed by atoms with Crippen LogP contribution in [-0.4, -0.2) is 30.0 Å². The van der Waals surface area contributed by atoms with E-state index >= 15 is 0 Å². The van der Waals surface area contributed by atoms with Gasteiger partial charge in [0.1, 0.15) is 0 Å². The van der Waals surface area contributed by atoms with E-state index in [1.807, 2.05) is 33.2 Å². The van der Waals surface area contributed by atoms with Crippen LogP contribution in [0.5, 0.6) is 0 Å². The van der Waals surface area contributed by atoms with E-state index in [9.17, 15) is 4.79 Å². The standard InChI is InChI=1S/C16H24N2OS/c1-11(2)10-13-6-8-14(9-7-13)12(3)15(19)17-16(20)18(4)5/h6-9,11-12H,10H2,1-5H3,(H,17,19,20). The van der Waals surface area contributed by atoms with E-state index in [1.54, 1.807) is 4.90 Å². The lowest BCUT2D eigenvalue weighted by molar-refractivity contribution is -0.120. The van der Waals surface area contributed by atoms with Crippen LogP contribution in [0.4, 0.5) is 0 Å². The van der Waals surface area contributed by atoms with E-state index < -0.39 is 0 Å². The quantitative estimate of drug-likeness (QED) is 0.866. The summed E-state index contributed by atoms with van der Waals surface area (Å²) >= 11 is 5.09. The Kier molecular flexibility index (Phi) is 6.14. The van der Waals surface area contributed by atoms with E-state index in [2.05, 4.69) is 31.3 Å². The van der Waals surface area contributed by atoms with Crippen molar-refractivity contribution in [3.05, 3.63) is 35.4 Å². The molecule has 0 radical (unpaired) electrons. The number of nitrogens with zero attached hydrogens (tertiary/aromatic N) is 1. The first-order valence-electron chi connectivity index (χ1n) is 6.92. The van der Waals surface area contributed by atoms with Crippen molar-refractivity contribution in [3.63, 3.8) is 0 Å². The predicted octanol–water partition coefficient (Wildman–Crippen LogP) is 2.95. The Hall–Kier alpha value is -1.42. The SMILES string of the molecule is CC(C)Cc1ccc(C(C)C(=O)NC(=S)N(C)C)cc1. The Bertz CT molecular complexity index is 466. The summed E-state index contributed by atoms with van der Waals surface area (Å²) < 4.78 is 0. The van der Waals surface area contributed by atoms with Crippen molar-refractivity contribution in [2.75, 3.05) is 14.1 Å². The molecule has 0 spiro atoms.